The Hall–Kier alpha value is -3.16. The minimum atomic E-state index is -1.18. The molecule has 0 aliphatic rings. The highest BCUT2D eigenvalue weighted by Crippen LogP contribution is 2.26. The highest BCUT2D eigenvalue weighted by atomic mass is 16.4. The first-order valence-corrected chi connectivity index (χ1v) is 7.33. The first kappa shape index (κ1) is 15.7. The van der Waals surface area contributed by atoms with Crippen LogP contribution in [0.2, 0.25) is 0 Å². The van der Waals surface area contributed by atoms with Crippen LogP contribution >= 0.6 is 0 Å². The van der Waals surface area contributed by atoms with Gasteiger partial charge in [-0.25, -0.2) is 9.48 Å². The van der Waals surface area contributed by atoms with Crippen molar-refractivity contribution in [3.63, 3.8) is 0 Å². The van der Waals surface area contributed by atoms with E-state index in [0.29, 0.717) is 5.76 Å². The van der Waals surface area contributed by atoms with Crippen LogP contribution in [-0.2, 0) is 11.3 Å². The van der Waals surface area contributed by atoms with Gasteiger partial charge in [-0.15, -0.1) is 5.10 Å². The third kappa shape index (κ3) is 2.98. The Kier molecular flexibility index (Phi) is 4.03. The molecule has 0 saturated heterocycles. The molecular formula is C16H16N4O4. The number of amides is 1. The monoisotopic (exact) mass is 328 g/mol. The molecule has 1 atom stereocenters. The number of likely N-dealkylation sites (N-methyl/N-ethyl adjacent to an activating group) is 1. The lowest BCUT2D eigenvalue weighted by Gasteiger charge is -2.23. The molecule has 1 N–H and O–H groups in total. The lowest BCUT2D eigenvalue weighted by Crippen LogP contribution is -2.32. The number of aromatic carboxylic acids is 1. The summed E-state index contributed by atoms with van der Waals surface area (Å²) in [5.41, 5.74) is 0.568. The van der Waals surface area contributed by atoms with E-state index in [2.05, 4.69) is 10.3 Å². The molecule has 0 radical (unpaired) electrons. The van der Waals surface area contributed by atoms with Crippen molar-refractivity contribution >= 4 is 22.8 Å². The van der Waals surface area contributed by atoms with Gasteiger partial charge in [-0.1, -0.05) is 23.4 Å². The number of para-hydroxylation sites is 1. The Bertz CT molecular complexity index is 865. The van der Waals surface area contributed by atoms with Crippen molar-refractivity contribution in [3.8, 4) is 0 Å². The molecule has 2 aromatic heterocycles. The second-order valence-corrected chi connectivity index (χ2v) is 5.47. The third-order valence-corrected chi connectivity index (χ3v) is 3.89. The standard InChI is InChI=1S/C16H16N4O4/c1-10(14-7-11-5-3-4-6-13(11)24-14)19(2)15(21)9-20-8-12(16(22)23)17-18-20/h3-8,10H,9H2,1-2H3,(H,22,23). The van der Waals surface area contributed by atoms with Gasteiger partial charge in [0, 0.05) is 12.4 Å². The molecule has 0 aliphatic heterocycles. The first-order valence-electron chi connectivity index (χ1n) is 7.33. The average Bonchev–Trinajstić information content (AvgIpc) is 3.19. The van der Waals surface area contributed by atoms with Crippen LogP contribution < -0.4 is 0 Å². The maximum Gasteiger partial charge on any atom is 0.358 e. The molecule has 8 nitrogen and oxygen atoms in total. The summed E-state index contributed by atoms with van der Waals surface area (Å²) in [6.07, 6.45) is 1.22. The fraction of sp³-hybridized carbons (Fsp3) is 0.250. The van der Waals surface area contributed by atoms with Crippen LogP contribution in [0.1, 0.15) is 29.2 Å². The number of hydrogen-bond donors (Lipinski definition) is 1. The molecule has 24 heavy (non-hydrogen) atoms. The number of aromatic nitrogens is 3. The molecule has 0 bridgehead atoms. The quantitative estimate of drug-likeness (QED) is 0.768. The zero-order valence-corrected chi connectivity index (χ0v) is 13.2. The van der Waals surface area contributed by atoms with Gasteiger partial charge in [0.1, 0.15) is 17.9 Å². The number of carbonyl (C=O) groups excluding carboxylic acids is 1. The number of furan rings is 1. The minimum Gasteiger partial charge on any atom is -0.476 e. The van der Waals surface area contributed by atoms with E-state index in [1.807, 2.05) is 37.3 Å². The molecule has 2 heterocycles. The number of fused-ring (bicyclic) bond motifs is 1. The van der Waals surface area contributed by atoms with E-state index in [4.69, 9.17) is 9.52 Å². The summed E-state index contributed by atoms with van der Waals surface area (Å²) in [6, 6.07) is 9.26. The number of nitrogens with zero attached hydrogens (tertiary/aromatic N) is 4. The Labute approximate surface area is 137 Å². The lowest BCUT2D eigenvalue weighted by molar-refractivity contribution is -0.133. The number of hydrogen-bond acceptors (Lipinski definition) is 5. The summed E-state index contributed by atoms with van der Waals surface area (Å²) in [5, 5.41) is 16.9. The lowest BCUT2D eigenvalue weighted by atomic mass is 10.2. The van der Waals surface area contributed by atoms with Crippen LogP contribution in [0.4, 0.5) is 0 Å². The molecule has 1 amide bonds. The Morgan fingerprint density at radius 2 is 2.12 bits per heavy atom. The van der Waals surface area contributed by atoms with Gasteiger partial charge in [-0.05, 0) is 19.1 Å². The number of carboxylic acid groups (broad SMARTS) is 1. The predicted octanol–water partition coefficient (Wildman–Crippen LogP) is 1.94. The molecule has 0 saturated carbocycles. The molecule has 1 aromatic carbocycles. The largest absolute Gasteiger partial charge is 0.476 e. The summed E-state index contributed by atoms with van der Waals surface area (Å²) >= 11 is 0. The van der Waals surface area contributed by atoms with Gasteiger partial charge in [0.05, 0.1) is 12.2 Å². The maximum absolute atomic E-state index is 12.4. The van der Waals surface area contributed by atoms with Gasteiger partial charge >= 0.3 is 5.97 Å². The zero-order valence-electron chi connectivity index (χ0n) is 13.2. The Morgan fingerprint density at radius 1 is 1.38 bits per heavy atom. The molecule has 124 valence electrons. The number of carboxylic acids is 1. The van der Waals surface area contributed by atoms with Gasteiger partial charge in [0.15, 0.2) is 5.69 Å². The molecule has 1 unspecified atom stereocenters. The van der Waals surface area contributed by atoms with Crippen LogP contribution in [-0.4, -0.2) is 43.9 Å². The van der Waals surface area contributed by atoms with Crippen molar-refractivity contribution in [2.75, 3.05) is 7.05 Å². The third-order valence-electron chi connectivity index (χ3n) is 3.89. The van der Waals surface area contributed by atoms with E-state index in [9.17, 15) is 9.59 Å². The topological polar surface area (TPSA) is 101 Å². The summed E-state index contributed by atoms with van der Waals surface area (Å²) in [6.45, 7) is 1.76. The first-order chi connectivity index (χ1) is 11.5. The van der Waals surface area contributed by atoms with E-state index >= 15 is 0 Å². The summed E-state index contributed by atoms with van der Waals surface area (Å²) < 4.78 is 6.98. The summed E-state index contributed by atoms with van der Waals surface area (Å²) in [7, 11) is 1.66. The van der Waals surface area contributed by atoms with E-state index in [0.717, 1.165) is 11.0 Å². The SMILES string of the molecule is CC(c1cc2ccccc2o1)N(C)C(=O)Cn1cc(C(=O)O)nn1. The molecular weight excluding hydrogens is 312 g/mol. The molecule has 0 fully saturated rings. The highest BCUT2D eigenvalue weighted by Gasteiger charge is 2.21. The van der Waals surface area contributed by atoms with Gasteiger partial charge in [0.2, 0.25) is 5.91 Å². The van der Waals surface area contributed by atoms with Gasteiger partial charge in [-0.2, -0.15) is 0 Å². The normalized spacial score (nSPS) is 12.2. The average molecular weight is 328 g/mol. The number of rotatable bonds is 5. The highest BCUT2D eigenvalue weighted by molar-refractivity contribution is 5.85. The zero-order chi connectivity index (χ0) is 17.3. The van der Waals surface area contributed by atoms with Crippen molar-refractivity contribution in [2.24, 2.45) is 0 Å². The van der Waals surface area contributed by atoms with Crippen LogP contribution in [0.5, 0.6) is 0 Å². The molecule has 8 heteroatoms. The maximum atomic E-state index is 12.4. The summed E-state index contributed by atoms with van der Waals surface area (Å²) in [5.74, 6) is -0.737. The Morgan fingerprint density at radius 3 is 2.79 bits per heavy atom. The minimum absolute atomic E-state index is 0.0959. The van der Waals surface area contributed by atoms with E-state index in [-0.39, 0.29) is 24.2 Å². The van der Waals surface area contributed by atoms with Crippen LogP contribution in [0, 0.1) is 0 Å². The van der Waals surface area contributed by atoms with E-state index < -0.39 is 5.97 Å². The molecule has 0 spiro atoms. The molecule has 3 aromatic rings. The number of carbonyl (C=O) groups is 2. The van der Waals surface area contributed by atoms with Gasteiger partial charge in [-0.3, -0.25) is 4.79 Å². The van der Waals surface area contributed by atoms with Crippen molar-refractivity contribution in [1.82, 2.24) is 19.9 Å². The smallest absolute Gasteiger partial charge is 0.358 e. The Balaban J connectivity index is 1.72. The fourth-order valence-corrected chi connectivity index (χ4v) is 2.34. The van der Waals surface area contributed by atoms with Crippen LogP contribution in [0.25, 0.3) is 11.0 Å². The summed E-state index contributed by atoms with van der Waals surface area (Å²) in [4.78, 5) is 24.7. The number of benzene rings is 1. The van der Waals surface area contributed by atoms with Crippen LogP contribution in [0.15, 0.2) is 40.9 Å². The second kappa shape index (κ2) is 6.15. The molecule has 0 aliphatic carbocycles. The van der Waals surface area contributed by atoms with Crippen LogP contribution in [0.3, 0.4) is 0 Å². The van der Waals surface area contributed by atoms with Crippen molar-refractivity contribution in [1.29, 1.82) is 0 Å². The van der Waals surface area contributed by atoms with E-state index in [1.165, 1.54) is 15.8 Å². The van der Waals surface area contributed by atoms with E-state index in [1.54, 1.807) is 7.05 Å². The van der Waals surface area contributed by atoms with Gasteiger partial charge < -0.3 is 14.4 Å². The van der Waals surface area contributed by atoms with Gasteiger partial charge in [0.25, 0.3) is 0 Å². The van der Waals surface area contributed by atoms with Crippen molar-refractivity contribution < 1.29 is 19.1 Å². The predicted molar refractivity (Wildman–Crippen MR) is 84.4 cm³/mol. The second-order valence-electron chi connectivity index (χ2n) is 5.47. The fourth-order valence-electron chi connectivity index (χ4n) is 2.34. The van der Waals surface area contributed by atoms with Crippen molar-refractivity contribution in [3.05, 3.63) is 48.0 Å². The van der Waals surface area contributed by atoms with Crippen molar-refractivity contribution in [2.45, 2.75) is 19.5 Å². The molecule has 3 rings (SSSR count).